The van der Waals surface area contributed by atoms with E-state index >= 15 is 0 Å². The lowest BCUT2D eigenvalue weighted by Gasteiger charge is -2.25. The molecule has 0 unspecified atom stereocenters. The van der Waals surface area contributed by atoms with Crippen LogP contribution in [0.25, 0.3) is 6.08 Å². The highest BCUT2D eigenvalue weighted by atomic mass is 32.1. The second kappa shape index (κ2) is 7.86. The molecule has 106 valence electrons. The second-order valence-electron chi connectivity index (χ2n) is 5.68. The molecule has 0 atom stereocenters. The summed E-state index contributed by atoms with van der Waals surface area (Å²) in [6.45, 7) is 6.64. The van der Waals surface area contributed by atoms with E-state index in [1.54, 1.807) is 5.57 Å². The zero-order valence-corrected chi connectivity index (χ0v) is 13.2. The molecule has 2 heteroatoms. The summed E-state index contributed by atoms with van der Waals surface area (Å²) in [5.74, 6) is 0.820. The maximum absolute atomic E-state index is 3.60. The lowest BCUT2D eigenvalue weighted by molar-refractivity contribution is 0.397. The van der Waals surface area contributed by atoms with Crippen LogP contribution in [0.15, 0.2) is 17.7 Å². The Hall–Kier alpha value is -0.600. The predicted octanol–water partition coefficient (Wildman–Crippen LogP) is 5.02. The Morgan fingerprint density at radius 1 is 1.32 bits per heavy atom. The molecule has 1 aromatic rings. The van der Waals surface area contributed by atoms with E-state index in [4.69, 9.17) is 0 Å². The first-order valence-electron chi connectivity index (χ1n) is 7.77. The first kappa shape index (κ1) is 14.8. The number of rotatable bonds is 6. The molecule has 1 aliphatic carbocycles. The van der Waals surface area contributed by atoms with Crippen molar-refractivity contribution in [2.45, 2.75) is 52.4 Å². The van der Waals surface area contributed by atoms with Crippen LogP contribution in [0.2, 0.25) is 0 Å². The zero-order valence-electron chi connectivity index (χ0n) is 12.4. The molecule has 0 amide bonds. The van der Waals surface area contributed by atoms with Gasteiger partial charge >= 0.3 is 0 Å². The minimum absolute atomic E-state index is 0.820. The molecule has 2 rings (SSSR count). The van der Waals surface area contributed by atoms with Crippen LogP contribution in [0, 0.1) is 12.8 Å². The van der Waals surface area contributed by atoms with E-state index in [-0.39, 0.29) is 0 Å². The molecular weight excluding hydrogens is 250 g/mol. The summed E-state index contributed by atoms with van der Waals surface area (Å²) in [5, 5.41) is 3.60. The van der Waals surface area contributed by atoms with Crippen molar-refractivity contribution in [2.75, 3.05) is 13.1 Å². The molecule has 1 saturated carbocycles. The lowest BCUT2D eigenvalue weighted by Crippen LogP contribution is -2.22. The zero-order chi connectivity index (χ0) is 13.5. The van der Waals surface area contributed by atoms with Gasteiger partial charge in [-0.25, -0.2) is 0 Å². The van der Waals surface area contributed by atoms with Gasteiger partial charge in [0.2, 0.25) is 0 Å². The normalized spacial score (nSPS) is 17.9. The molecule has 0 radical (unpaired) electrons. The highest BCUT2D eigenvalue weighted by Gasteiger charge is 2.17. The lowest BCUT2D eigenvalue weighted by atomic mass is 9.83. The van der Waals surface area contributed by atoms with Gasteiger partial charge in [0.05, 0.1) is 0 Å². The van der Waals surface area contributed by atoms with Gasteiger partial charge in [0.15, 0.2) is 0 Å². The molecule has 1 nitrogen and oxygen atoms in total. The van der Waals surface area contributed by atoms with Crippen LogP contribution < -0.4 is 5.32 Å². The van der Waals surface area contributed by atoms with Gasteiger partial charge in [-0.2, -0.15) is 0 Å². The van der Waals surface area contributed by atoms with Gasteiger partial charge in [-0.1, -0.05) is 31.8 Å². The van der Waals surface area contributed by atoms with Gasteiger partial charge < -0.3 is 5.32 Å². The van der Waals surface area contributed by atoms with Gasteiger partial charge in [0.25, 0.3) is 0 Å². The smallest absolute Gasteiger partial charge is 0.0273 e. The maximum Gasteiger partial charge on any atom is 0.0273 e. The van der Waals surface area contributed by atoms with Crippen molar-refractivity contribution in [1.29, 1.82) is 0 Å². The van der Waals surface area contributed by atoms with Crippen LogP contribution in [-0.4, -0.2) is 13.1 Å². The van der Waals surface area contributed by atoms with Crippen LogP contribution in [0.4, 0.5) is 0 Å². The summed E-state index contributed by atoms with van der Waals surface area (Å²) in [6, 6.07) is 4.50. The summed E-state index contributed by atoms with van der Waals surface area (Å²) in [4.78, 5) is 2.84. The summed E-state index contributed by atoms with van der Waals surface area (Å²) in [7, 11) is 0. The molecule has 0 spiro atoms. The molecule has 0 bridgehead atoms. The number of hydrogen-bond donors (Lipinski definition) is 1. The number of thiophene rings is 1. The van der Waals surface area contributed by atoms with Crippen molar-refractivity contribution in [3.8, 4) is 0 Å². The third-order valence-electron chi connectivity index (χ3n) is 3.97. The fraction of sp³-hybridized carbons (Fsp3) is 0.647. The fourth-order valence-corrected chi connectivity index (χ4v) is 3.76. The molecule has 0 aliphatic heterocycles. The van der Waals surface area contributed by atoms with E-state index in [1.807, 2.05) is 11.3 Å². The highest BCUT2D eigenvalue weighted by Crippen LogP contribution is 2.31. The van der Waals surface area contributed by atoms with Gasteiger partial charge in [-0.05, 0) is 56.9 Å². The van der Waals surface area contributed by atoms with Crippen molar-refractivity contribution in [3.63, 3.8) is 0 Å². The molecule has 0 aromatic carbocycles. The Kier molecular flexibility index (Phi) is 6.12. The van der Waals surface area contributed by atoms with E-state index in [2.05, 4.69) is 37.4 Å². The predicted molar refractivity (Wildman–Crippen MR) is 86.8 cm³/mol. The largest absolute Gasteiger partial charge is 0.313 e. The van der Waals surface area contributed by atoms with Crippen LogP contribution in [0.3, 0.4) is 0 Å². The van der Waals surface area contributed by atoms with Crippen LogP contribution in [-0.2, 0) is 0 Å². The summed E-state index contributed by atoms with van der Waals surface area (Å²) < 4.78 is 0. The first-order chi connectivity index (χ1) is 9.29. The maximum atomic E-state index is 3.60. The van der Waals surface area contributed by atoms with Gasteiger partial charge in [-0.3, -0.25) is 0 Å². The van der Waals surface area contributed by atoms with Gasteiger partial charge in [-0.15, -0.1) is 11.3 Å². The number of nitrogens with one attached hydrogen (secondary N) is 1. The van der Waals surface area contributed by atoms with E-state index in [0.29, 0.717) is 0 Å². The minimum Gasteiger partial charge on any atom is -0.313 e. The standard InChI is InChI=1S/C17H27NS/c1-3-11-18-13-16(15-7-5-4-6-8-15)12-17-10-9-14(2)19-17/h9-10,12,15,18H,3-8,11,13H2,1-2H3. The fourth-order valence-electron chi connectivity index (χ4n) is 2.91. The third-order valence-corrected chi connectivity index (χ3v) is 4.92. The van der Waals surface area contributed by atoms with Crippen molar-refractivity contribution < 1.29 is 0 Å². The Morgan fingerprint density at radius 3 is 2.74 bits per heavy atom. The number of aryl methyl sites for hydroxylation is 1. The van der Waals surface area contributed by atoms with Gasteiger partial charge in [0.1, 0.15) is 0 Å². The summed E-state index contributed by atoms with van der Waals surface area (Å²) in [5.41, 5.74) is 1.63. The topological polar surface area (TPSA) is 12.0 Å². The SMILES string of the molecule is CCCNCC(=Cc1ccc(C)s1)C1CCCCC1. The number of hydrogen-bond acceptors (Lipinski definition) is 2. The average molecular weight is 277 g/mol. The highest BCUT2D eigenvalue weighted by molar-refractivity contribution is 7.12. The van der Waals surface area contributed by atoms with E-state index in [1.165, 1.54) is 48.3 Å². The Balaban J connectivity index is 2.05. The Bertz CT molecular complexity index is 399. The molecule has 1 heterocycles. The summed E-state index contributed by atoms with van der Waals surface area (Å²) >= 11 is 1.92. The van der Waals surface area contributed by atoms with Crippen molar-refractivity contribution in [3.05, 3.63) is 27.5 Å². The average Bonchev–Trinajstić information content (AvgIpc) is 2.84. The van der Waals surface area contributed by atoms with Crippen molar-refractivity contribution in [1.82, 2.24) is 5.32 Å². The van der Waals surface area contributed by atoms with Crippen molar-refractivity contribution >= 4 is 17.4 Å². The third kappa shape index (κ3) is 4.77. The molecule has 19 heavy (non-hydrogen) atoms. The van der Waals surface area contributed by atoms with E-state index in [0.717, 1.165) is 19.0 Å². The quantitative estimate of drug-likeness (QED) is 0.720. The van der Waals surface area contributed by atoms with Crippen LogP contribution in [0.1, 0.15) is 55.2 Å². The van der Waals surface area contributed by atoms with E-state index in [9.17, 15) is 0 Å². The molecule has 0 saturated heterocycles. The van der Waals surface area contributed by atoms with Crippen LogP contribution in [0.5, 0.6) is 0 Å². The second-order valence-corrected chi connectivity index (χ2v) is 7.00. The molecule has 1 fully saturated rings. The minimum atomic E-state index is 0.820. The van der Waals surface area contributed by atoms with E-state index < -0.39 is 0 Å². The Morgan fingerprint density at radius 2 is 2.11 bits per heavy atom. The molecular formula is C17H27NS. The monoisotopic (exact) mass is 277 g/mol. The van der Waals surface area contributed by atoms with Crippen LogP contribution >= 0.6 is 11.3 Å². The Labute approximate surface area is 122 Å². The molecule has 1 aliphatic rings. The van der Waals surface area contributed by atoms with Crippen molar-refractivity contribution in [2.24, 2.45) is 5.92 Å². The first-order valence-corrected chi connectivity index (χ1v) is 8.59. The van der Waals surface area contributed by atoms with Gasteiger partial charge in [0, 0.05) is 16.3 Å². The molecule has 1 N–H and O–H groups in total. The molecule has 1 aromatic heterocycles. The summed E-state index contributed by atoms with van der Waals surface area (Å²) in [6.07, 6.45) is 10.7.